The normalized spacial score (nSPS) is 15.9. The standard InChI is InChI=1S/C28H34FN7O/c1-6-28(4,5)36-26(31-32-33-36)25(21-17-20-16-18(2)15-19(3)24(20)30-27(21)37)35-13-11-34(12-14-35)23-10-8-7-9-22(23)29/h7-10,15-17,25H,6,11-14H2,1-5H3,(H,30,37). The molecule has 8 nitrogen and oxygen atoms in total. The molecule has 5 rings (SSSR count). The van der Waals surface area contributed by atoms with Crippen molar-refractivity contribution < 1.29 is 4.39 Å². The lowest BCUT2D eigenvalue weighted by atomic mass is 9.98. The second kappa shape index (κ2) is 9.70. The molecule has 1 aliphatic heterocycles. The van der Waals surface area contributed by atoms with Crippen molar-refractivity contribution in [3.8, 4) is 0 Å². The minimum Gasteiger partial charge on any atom is -0.367 e. The number of aryl methyl sites for hydroxylation is 2. The summed E-state index contributed by atoms with van der Waals surface area (Å²) < 4.78 is 16.3. The summed E-state index contributed by atoms with van der Waals surface area (Å²) in [5.41, 5.74) is 3.74. The molecule has 2 aromatic carbocycles. The SMILES string of the molecule is CCC(C)(C)n1nnnc1C(c1cc2cc(C)cc(C)c2[nH]c1=O)N1CCN(c2ccccc2F)CC1. The number of nitrogens with zero attached hydrogens (tertiary/aromatic N) is 6. The zero-order valence-electron chi connectivity index (χ0n) is 22.1. The first-order valence-corrected chi connectivity index (χ1v) is 12.9. The Morgan fingerprint density at radius 2 is 1.81 bits per heavy atom. The van der Waals surface area contributed by atoms with E-state index in [9.17, 15) is 9.18 Å². The van der Waals surface area contributed by atoms with Crippen molar-refractivity contribution in [2.75, 3.05) is 31.1 Å². The number of rotatable bonds is 6. The first-order valence-electron chi connectivity index (χ1n) is 12.9. The fourth-order valence-electron chi connectivity index (χ4n) is 5.28. The molecule has 4 aromatic rings. The van der Waals surface area contributed by atoms with E-state index in [1.165, 1.54) is 6.07 Å². The van der Waals surface area contributed by atoms with Crippen LogP contribution in [0.25, 0.3) is 10.9 Å². The van der Waals surface area contributed by atoms with Gasteiger partial charge in [-0.3, -0.25) is 9.69 Å². The molecule has 1 atom stereocenters. The number of hydrogen-bond donors (Lipinski definition) is 1. The fourth-order valence-corrected chi connectivity index (χ4v) is 5.28. The van der Waals surface area contributed by atoms with Crippen LogP contribution >= 0.6 is 0 Å². The summed E-state index contributed by atoms with van der Waals surface area (Å²) in [4.78, 5) is 21.0. The molecular formula is C28H34FN7O. The Hall–Kier alpha value is -3.59. The summed E-state index contributed by atoms with van der Waals surface area (Å²) in [5.74, 6) is 0.415. The topological polar surface area (TPSA) is 82.9 Å². The molecule has 0 spiro atoms. The van der Waals surface area contributed by atoms with Crippen molar-refractivity contribution in [2.24, 2.45) is 0 Å². The van der Waals surface area contributed by atoms with Crippen molar-refractivity contribution in [2.45, 2.75) is 52.6 Å². The summed E-state index contributed by atoms with van der Waals surface area (Å²) in [6, 6.07) is 12.6. The highest BCUT2D eigenvalue weighted by Gasteiger charge is 2.36. The van der Waals surface area contributed by atoms with E-state index < -0.39 is 6.04 Å². The highest BCUT2D eigenvalue weighted by atomic mass is 19.1. The number of para-hydroxylation sites is 1. The van der Waals surface area contributed by atoms with Crippen LogP contribution in [0.3, 0.4) is 0 Å². The third kappa shape index (κ3) is 4.64. The van der Waals surface area contributed by atoms with Crippen LogP contribution in [0.2, 0.25) is 0 Å². The van der Waals surface area contributed by atoms with Gasteiger partial charge in [-0.2, -0.15) is 0 Å². The van der Waals surface area contributed by atoms with Crippen molar-refractivity contribution in [3.05, 3.63) is 81.2 Å². The maximum atomic E-state index is 14.5. The van der Waals surface area contributed by atoms with Gasteiger partial charge in [-0.15, -0.1) is 5.10 Å². The Kier molecular flexibility index (Phi) is 6.58. The number of aromatic amines is 1. The van der Waals surface area contributed by atoms with Crippen molar-refractivity contribution in [1.29, 1.82) is 0 Å². The number of piperazine rings is 1. The van der Waals surface area contributed by atoms with Gasteiger partial charge in [0.15, 0.2) is 5.82 Å². The van der Waals surface area contributed by atoms with E-state index in [1.807, 2.05) is 29.8 Å². The van der Waals surface area contributed by atoms with Gasteiger partial charge in [-0.05, 0) is 79.8 Å². The Balaban J connectivity index is 1.59. The second-order valence-corrected chi connectivity index (χ2v) is 10.6. The van der Waals surface area contributed by atoms with E-state index >= 15 is 0 Å². The highest BCUT2D eigenvalue weighted by Crippen LogP contribution is 2.32. The van der Waals surface area contributed by atoms with Crippen molar-refractivity contribution >= 4 is 16.6 Å². The van der Waals surface area contributed by atoms with Gasteiger partial charge in [0, 0.05) is 31.7 Å². The van der Waals surface area contributed by atoms with Gasteiger partial charge in [-0.25, -0.2) is 9.07 Å². The van der Waals surface area contributed by atoms with Crippen LogP contribution < -0.4 is 10.5 Å². The summed E-state index contributed by atoms with van der Waals surface area (Å²) in [7, 11) is 0. The summed E-state index contributed by atoms with van der Waals surface area (Å²) in [5, 5.41) is 13.8. The lowest BCUT2D eigenvalue weighted by molar-refractivity contribution is 0.186. The first-order chi connectivity index (χ1) is 17.7. The number of nitrogens with one attached hydrogen (secondary N) is 1. The molecule has 1 saturated heterocycles. The number of tetrazole rings is 1. The molecule has 0 saturated carbocycles. The Morgan fingerprint density at radius 3 is 2.51 bits per heavy atom. The number of pyridine rings is 1. The zero-order chi connectivity index (χ0) is 26.3. The number of aromatic nitrogens is 5. The lowest BCUT2D eigenvalue weighted by Crippen LogP contribution is -2.50. The number of H-pyrrole nitrogens is 1. The van der Waals surface area contributed by atoms with E-state index in [2.05, 4.69) is 70.1 Å². The van der Waals surface area contributed by atoms with Crippen LogP contribution in [-0.4, -0.2) is 56.3 Å². The van der Waals surface area contributed by atoms with Gasteiger partial charge in [0.2, 0.25) is 0 Å². The number of hydrogen-bond acceptors (Lipinski definition) is 6. The minimum absolute atomic E-state index is 0.148. The molecule has 1 unspecified atom stereocenters. The zero-order valence-corrected chi connectivity index (χ0v) is 22.1. The van der Waals surface area contributed by atoms with Gasteiger partial charge >= 0.3 is 0 Å². The maximum Gasteiger partial charge on any atom is 0.253 e. The number of anilines is 1. The Morgan fingerprint density at radius 1 is 1.08 bits per heavy atom. The van der Waals surface area contributed by atoms with Crippen molar-refractivity contribution in [1.82, 2.24) is 30.1 Å². The quantitative estimate of drug-likeness (QED) is 0.422. The summed E-state index contributed by atoms with van der Waals surface area (Å²) in [6.07, 6.45) is 0.825. The van der Waals surface area contributed by atoms with Crippen LogP contribution in [0.5, 0.6) is 0 Å². The smallest absolute Gasteiger partial charge is 0.253 e. The van der Waals surface area contributed by atoms with E-state index in [-0.39, 0.29) is 16.9 Å². The molecule has 3 heterocycles. The van der Waals surface area contributed by atoms with Crippen LogP contribution in [-0.2, 0) is 5.54 Å². The summed E-state index contributed by atoms with van der Waals surface area (Å²) in [6.45, 7) is 12.9. The van der Waals surface area contributed by atoms with Crippen LogP contribution in [0.1, 0.15) is 55.7 Å². The molecule has 0 bridgehead atoms. The first kappa shape index (κ1) is 25.1. The van der Waals surface area contributed by atoms with Gasteiger partial charge in [0.05, 0.1) is 16.7 Å². The average Bonchev–Trinajstić information content (AvgIpc) is 3.36. The number of fused-ring (bicyclic) bond motifs is 1. The largest absolute Gasteiger partial charge is 0.367 e. The van der Waals surface area contributed by atoms with E-state index in [1.54, 1.807) is 6.07 Å². The van der Waals surface area contributed by atoms with Crippen LogP contribution in [0, 0.1) is 19.7 Å². The molecule has 1 aliphatic rings. The fraction of sp³-hybridized carbons (Fsp3) is 0.429. The third-order valence-corrected chi connectivity index (χ3v) is 7.67. The van der Waals surface area contributed by atoms with Gasteiger partial charge in [0.25, 0.3) is 5.56 Å². The molecule has 0 aliphatic carbocycles. The van der Waals surface area contributed by atoms with E-state index in [4.69, 9.17) is 0 Å². The average molecular weight is 504 g/mol. The van der Waals surface area contributed by atoms with Gasteiger partial charge in [-0.1, -0.05) is 30.7 Å². The molecule has 0 radical (unpaired) electrons. The lowest BCUT2D eigenvalue weighted by Gasteiger charge is -2.40. The van der Waals surface area contributed by atoms with Crippen LogP contribution in [0.4, 0.5) is 10.1 Å². The number of halogens is 1. The van der Waals surface area contributed by atoms with E-state index in [0.717, 1.165) is 28.5 Å². The van der Waals surface area contributed by atoms with Crippen molar-refractivity contribution in [3.63, 3.8) is 0 Å². The maximum absolute atomic E-state index is 14.5. The highest BCUT2D eigenvalue weighted by molar-refractivity contribution is 5.83. The molecule has 0 amide bonds. The molecular weight excluding hydrogens is 469 g/mol. The monoisotopic (exact) mass is 503 g/mol. The number of benzene rings is 2. The predicted molar refractivity (Wildman–Crippen MR) is 144 cm³/mol. The van der Waals surface area contributed by atoms with Crippen LogP contribution in [0.15, 0.2) is 47.3 Å². The second-order valence-electron chi connectivity index (χ2n) is 10.6. The van der Waals surface area contributed by atoms with E-state index in [0.29, 0.717) is 43.3 Å². The molecule has 37 heavy (non-hydrogen) atoms. The third-order valence-electron chi connectivity index (χ3n) is 7.67. The Labute approximate surface area is 216 Å². The molecule has 2 aromatic heterocycles. The molecule has 1 N–H and O–H groups in total. The minimum atomic E-state index is -0.447. The van der Waals surface area contributed by atoms with Gasteiger partial charge in [0.1, 0.15) is 11.9 Å². The van der Waals surface area contributed by atoms with Gasteiger partial charge < -0.3 is 9.88 Å². The molecule has 1 fully saturated rings. The Bertz CT molecular complexity index is 1480. The summed E-state index contributed by atoms with van der Waals surface area (Å²) >= 11 is 0. The predicted octanol–water partition coefficient (Wildman–Crippen LogP) is 4.33. The molecule has 194 valence electrons. The molecule has 9 heteroatoms.